The minimum atomic E-state index is -0.402. The number of hydrogen-bond donors (Lipinski definition) is 0. The van der Waals surface area contributed by atoms with Gasteiger partial charge in [-0.1, -0.05) is 17.8 Å². The summed E-state index contributed by atoms with van der Waals surface area (Å²) in [6.45, 7) is 10.2. The Labute approximate surface area is 160 Å². The third-order valence-electron chi connectivity index (χ3n) is 4.97. The second-order valence-electron chi connectivity index (χ2n) is 7.48. The summed E-state index contributed by atoms with van der Waals surface area (Å²) in [7, 11) is 1.27. The molecule has 1 fully saturated rings. The van der Waals surface area contributed by atoms with Gasteiger partial charge in [0.2, 0.25) is 0 Å². The summed E-state index contributed by atoms with van der Waals surface area (Å²) in [5, 5.41) is 0.748. The zero-order valence-corrected chi connectivity index (χ0v) is 17.0. The Kier molecular flexibility index (Phi) is 5.33. The van der Waals surface area contributed by atoms with Gasteiger partial charge in [-0.15, -0.1) is 0 Å². The fourth-order valence-electron chi connectivity index (χ4n) is 2.63. The van der Waals surface area contributed by atoms with Crippen LogP contribution in [0.25, 0.3) is 0 Å². The number of nitrogens with zero attached hydrogens (tertiary/aromatic N) is 2. The summed E-state index contributed by atoms with van der Waals surface area (Å²) in [6, 6.07) is 5.99. The molecule has 0 bridgehead atoms. The van der Waals surface area contributed by atoms with Crippen LogP contribution >= 0.6 is 11.8 Å². The van der Waals surface area contributed by atoms with Gasteiger partial charge in [0.1, 0.15) is 5.75 Å². The second-order valence-corrected chi connectivity index (χ2v) is 8.43. The largest absolute Gasteiger partial charge is 0.497 e. The van der Waals surface area contributed by atoms with Crippen LogP contribution in [0.15, 0.2) is 35.7 Å². The Balaban J connectivity index is 1.85. The average molecular weight is 372 g/mol. The van der Waals surface area contributed by atoms with Crippen molar-refractivity contribution < 1.29 is 14.0 Å². The smallest absolute Gasteiger partial charge is 0.495 e. The highest BCUT2D eigenvalue weighted by molar-refractivity contribution is 7.98. The van der Waals surface area contributed by atoms with Crippen molar-refractivity contribution in [2.24, 2.45) is 0 Å². The molecule has 7 heteroatoms. The molecule has 2 aromatic rings. The molecule has 1 aromatic heterocycles. The highest BCUT2D eigenvalue weighted by Gasteiger charge is 2.52. The van der Waals surface area contributed by atoms with Crippen molar-refractivity contribution in [3.63, 3.8) is 0 Å². The van der Waals surface area contributed by atoms with Crippen LogP contribution in [-0.2, 0) is 15.1 Å². The van der Waals surface area contributed by atoms with Crippen LogP contribution in [0, 0.1) is 6.92 Å². The first-order valence-electron chi connectivity index (χ1n) is 8.66. The zero-order chi connectivity index (χ0) is 18.9. The van der Waals surface area contributed by atoms with Crippen LogP contribution in [-0.4, -0.2) is 35.4 Å². The van der Waals surface area contributed by atoms with E-state index in [9.17, 15) is 0 Å². The molecule has 0 atom stereocenters. The van der Waals surface area contributed by atoms with Gasteiger partial charge >= 0.3 is 7.12 Å². The van der Waals surface area contributed by atoms with Crippen molar-refractivity contribution in [2.75, 3.05) is 7.11 Å². The average Bonchev–Trinajstić information content (AvgIpc) is 2.81. The van der Waals surface area contributed by atoms with E-state index >= 15 is 0 Å². The molecular formula is C19H25BN2O3S. The van der Waals surface area contributed by atoms with Crippen molar-refractivity contribution in [2.45, 2.75) is 56.7 Å². The highest BCUT2D eigenvalue weighted by atomic mass is 32.2. The van der Waals surface area contributed by atoms with Crippen molar-refractivity contribution in [1.82, 2.24) is 9.97 Å². The lowest BCUT2D eigenvalue weighted by atomic mass is 9.76. The van der Waals surface area contributed by atoms with E-state index in [1.54, 1.807) is 18.9 Å². The number of ether oxygens (including phenoxy) is 1. The third kappa shape index (κ3) is 3.90. The van der Waals surface area contributed by atoms with Crippen LogP contribution in [0.5, 0.6) is 5.75 Å². The second kappa shape index (κ2) is 7.21. The van der Waals surface area contributed by atoms with Gasteiger partial charge in [-0.3, -0.25) is 0 Å². The Morgan fingerprint density at radius 1 is 1.08 bits per heavy atom. The van der Waals surface area contributed by atoms with Crippen LogP contribution in [0.4, 0.5) is 0 Å². The summed E-state index contributed by atoms with van der Waals surface area (Å²) in [4.78, 5) is 8.73. The molecule has 0 unspecified atom stereocenters. The lowest BCUT2D eigenvalue weighted by Gasteiger charge is -2.32. The Morgan fingerprint density at radius 2 is 1.69 bits per heavy atom. The quantitative estimate of drug-likeness (QED) is 0.456. The van der Waals surface area contributed by atoms with Gasteiger partial charge in [-0.05, 0) is 63.3 Å². The van der Waals surface area contributed by atoms with Gasteiger partial charge in [0.25, 0.3) is 0 Å². The minimum absolute atomic E-state index is 0.373. The Morgan fingerprint density at radius 3 is 2.27 bits per heavy atom. The fraction of sp³-hybridized carbons (Fsp3) is 0.474. The molecule has 0 aliphatic carbocycles. The van der Waals surface area contributed by atoms with E-state index in [-0.39, 0.29) is 11.2 Å². The molecule has 1 aliphatic rings. The summed E-state index contributed by atoms with van der Waals surface area (Å²) in [5.74, 6) is 1.52. The molecule has 138 valence electrons. The first-order valence-corrected chi connectivity index (χ1v) is 9.64. The van der Waals surface area contributed by atoms with Crippen LogP contribution in [0.1, 0.15) is 38.8 Å². The number of hydrogen-bond acceptors (Lipinski definition) is 6. The van der Waals surface area contributed by atoms with E-state index in [1.165, 1.54) is 0 Å². The van der Waals surface area contributed by atoms with E-state index in [0.717, 1.165) is 27.5 Å². The lowest BCUT2D eigenvalue weighted by molar-refractivity contribution is 0.00578. The van der Waals surface area contributed by atoms with E-state index in [1.807, 2.05) is 37.5 Å². The molecule has 2 heterocycles. The number of methoxy groups -OCH3 is 1. The molecule has 0 saturated carbocycles. The topological polar surface area (TPSA) is 53.5 Å². The van der Waals surface area contributed by atoms with Gasteiger partial charge in [-0.2, -0.15) is 0 Å². The molecule has 1 aliphatic heterocycles. The SMILES string of the molecule is COc1ccc(B2OC(C)(C)C(C)(C)O2)c(CSc2ncc(C)cn2)c1. The molecule has 1 saturated heterocycles. The van der Waals surface area contributed by atoms with Gasteiger partial charge in [0.05, 0.1) is 18.3 Å². The first kappa shape index (κ1) is 19.2. The summed E-state index contributed by atoms with van der Waals surface area (Å²) < 4.78 is 17.9. The van der Waals surface area contributed by atoms with Crippen LogP contribution < -0.4 is 10.2 Å². The summed E-state index contributed by atoms with van der Waals surface area (Å²) >= 11 is 1.59. The number of aryl methyl sites for hydroxylation is 1. The number of aromatic nitrogens is 2. The van der Waals surface area contributed by atoms with Crippen LogP contribution in [0.3, 0.4) is 0 Å². The van der Waals surface area contributed by atoms with Crippen molar-refractivity contribution in [3.05, 3.63) is 41.7 Å². The number of benzene rings is 1. The van der Waals surface area contributed by atoms with Gasteiger partial charge in [0, 0.05) is 18.1 Å². The fourth-order valence-corrected chi connectivity index (χ4v) is 3.42. The summed E-state index contributed by atoms with van der Waals surface area (Å²) in [5.41, 5.74) is 2.42. The van der Waals surface area contributed by atoms with Crippen molar-refractivity contribution >= 4 is 24.3 Å². The molecule has 3 rings (SSSR count). The Hall–Kier alpha value is -1.57. The Bertz CT molecular complexity index is 765. The predicted octanol–water partition coefficient (Wildman–Crippen LogP) is 3.39. The molecule has 5 nitrogen and oxygen atoms in total. The minimum Gasteiger partial charge on any atom is -0.497 e. The molecule has 26 heavy (non-hydrogen) atoms. The van der Waals surface area contributed by atoms with Gasteiger partial charge < -0.3 is 14.0 Å². The summed E-state index contributed by atoms with van der Waals surface area (Å²) in [6.07, 6.45) is 3.66. The maximum Gasteiger partial charge on any atom is 0.495 e. The zero-order valence-electron chi connectivity index (χ0n) is 16.2. The first-order chi connectivity index (χ1) is 12.2. The van der Waals surface area contributed by atoms with Crippen molar-refractivity contribution in [1.29, 1.82) is 0 Å². The van der Waals surface area contributed by atoms with E-state index in [4.69, 9.17) is 14.0 Å². The monoisotopic (exact) mass is 372 g/mol. The normalized spacial score (nSPS) is 18.2. The maximum absolute atomic E-state index is 6.23. The standard InChI is InChI=1S/C19H25BN2O3S/c1-13-10-21-17(22-11-13)26-12-14-9-15(23-6)7-8-16(14)20-24-18(2,3)19(4,5)25-20/h7-11H,12H2,1-6H3. The molecule has 1 aromatic carbocycles. The van der Waals surface area contributed by atoms with E-state index in [2.05, 4.69) is 37.7 Å². The van der Waals surface area contributed by atoms with E-state index in [0.29, 0.717) is 5.75 Å². The van der Waals surface area contributed by atoms with Crippen molar-refractivity contribution in [3.8, 4) is 5.75 Å². The van der Waals surface area contributed by atoms with Gasteiger partial charge in [-0.25, -0.2) is 9.97 Å². The predicted molar refractivity (Wildman–Crippen MR) is 105 cm³/mol. The molecule has 0 spiro atoms. The molecule has 0 N–H and O–H groups in total. The van der Waals surface area contributed by atoms with Gasteiger partial charge in [0.15, 0.2) is 5.16 Å². The lowest BCUT2D eigenvalue weighted by Crippen LogP contribution is -2.41. The molecular weight excluding hydrogens is 347 g/mol. The maximum atomic E-state index is 6.23. The third-order valence-corrected chi connectivity index (χ3v) is 5.90. The number of thioether (sulfide) groups is 1. The molecule has 0 radical (unpaired) electrons. The van der Waals surface area contributed by atoms with E-state index < -0.39 is 7.12 Å². The van der Waals surface area contributed by atoms with Crippen LogP contribution in [0.2, 0.25) is 0 Å². The molecule has 0 amide bonds. The highest BCUT2D eigenvalue weighted by Crippen LogP contribution is 2.37. The number of rotatable bonds is 5.